The van der Waals surface area contributed by atoms with Gasteiger partial charge in [0.05, 0.1) is 16.8 Å². The molecule has 94 valence electrons. The number of rotatable bonds is 2. The van der Waals surface area contributed by atoms with Gasteiger partial charge < -0.3 is 10.4 Å². The van der Waals surface area contributed by atoms with Gasteiger partial charge in [0.1, 0.15) is 11.8 Å². The van der Waals surface area contributed by atoms with Crippen LogP contribution in [-0.4, -0.2) is 11.0 Å². The third-order valence-electron chi connectivity index (χ3n) is 2.78. The number of carbonyl (C=O) groups is 1. The van der Waals surface area contributed by atoms with Crippen LogP contribution in [0.15, 0.2) is 42.5 Å². The Kier molecular flexibility index (Phi) is 3.48. The van der Waals surface area contributed by atoms with Crippen molar-refractivity contribution in [2.75, 3.05) is 5.32 Å². The molecule has 0 atom stereocenters. The number of benzene rings is 2. The highest BCUT2D eigenvalue weighted by molar-refractivity contribution is 6.06. The Bertz CT molecular complexity index is 672. The summed E-state index contributed by atoms with van der Waals surface area (Å²) < 4.78 is 0. The molecule has 2 rings (SSSR count). The summed E-state index contributed by atoms with van der Waals surface area (Å²) in [6.07, 6.45) is 0. The number of nitrogens with zero attached hydrogens (tertiary/aromatic N) is 1. The lowest BCUT2D eigenvalue weighted by Crippen LogP contribution is -2.13. The van der Waals surface area contributed by atoms with Gasteiger partial charge in [-0.2, -0.15) is 5.26 Å². The van der Waals surface area contributed by atoms with Gasteiger partial charge in [0, 0.05) is 0 Å². The fourth-order valence-electron chi connectivity index (χ4n) is 1.72. The van der Waals surface area contributed by atoms with Crippen LogP contribution < -0.4 is 5.32 Å². The lowest BCUT2D eigenvalue weighted by atomic mass is 10.1. The van der Waals surface area contributed by atoms with Crippen molar-refractivity contribution in [3.05, 3.63) is 59.2 Å². The number of hydrogen-bond acceptors (Lipinski definition) is 3. The molecule has 4 nitrogen and oxygen atoms in total. The molecule has 0 aliphatic rings. The van der Waals surface area contributed by atoms with Gasteiger partial charge in [-0.25, -0.2) is 0 Å². The van der Waals surface area contributed by atoms with Crippen molar-refractivity contribution in [2.24, 2.45) is 0 Å². The smallest absolute Gasteiger partial charge is 0.259 e. The molecule has 0 spiro atoms. The quantitative estimate of drug-likeness (QED) is 0.863. The minimum Gasteiger partial charge on any atom is -0.507 e. The fraction of sp³-hybridized carbons (Fsp3) is 0.0667. The standard InChI is InChI=1S/C15H12N2O2/c1-10-5-4-7-12(14(10)18)15(19)17-13-8-3-2-6-11(13)9-16/h2-8,18H,1H3,(H,17,19). The van der Waals surface area contributed by atoms with E-state index in [0.29, 0.717) is 16.8 Å². The van der Waals surface area contributed by atoms with E-state index in [1.54, 1.807) is 43.3 Å². The van der Waals surface area contributed by atoms with Crippen molar-refractivity contribution >= 4 is 11.6 Å². The van der Waals surface area contributed by atoms with Crippen LogP contribution >= 0.6 is 0 Å². The van der Waals surface area contributed by atoms with Gasteiger partial charge in [0.25, 0.3) is 5.91 Å². The Labute approximate surface area is 110 Å². The number of para-hydroxylation sites is 2. The van der Waals surface area contributed by atoms with Crippen molar-refractivity contribution in [1.82, 2.24) is 0 Å². The van der Waals surface area contributed by atoms with Crippen molar-refractivity contribution in [3.8, 4) is 11.8 Å². The summed E-state index contributed by atoms with van der Waals surface area (Å²) in [6.45, 7) is 1.72. The number of carbonyl (C=O) groups excluding carboxylic acids is 1. The summed E-state index contributed by atoms with van der Waals surface area (Å²) in [5, 5.41) is 21.4. The van der Waals surface area contributed by atoms with Crippen molar-refractivity contribution in [3.63, 3.8) is 0 Å². The predicted molar refractivity (Wildman–Crippen MR) is 72.0 cm³/mol. The van der Waals surface area contributed by atoms with E-state index in [9.17, 15) is 9.90 Å². The number of nitrogens with one attached hydrogen (secondary N) is 1. The molecule has 0 bridgehead atoms. The van der Waals surface area contributed by atoms with Crippen LogP contribution in [0.3, 0.4) is 0 Å². The molecule has 4 heteroatoms. The summed E-state index contributed by atoms with van der Waals surface area (Å²) >= 11 is 0. The van der Waals surface area contributed by atoms with E-state index >= 15 is 0 Å². The second-order valence-electron chi connectivity index (χ2n) is 4.08. The first-order valence-corrected chi connectivity index (χ1v) is 5.72. The SMILES string of the molecule is Cc1cccc(C(=O)Nc2ccccc2C#N)c1O. The van der Waals surface area contributed by atoms with Crippen LogP contribution in [-0.2, 0) is 0 Å². The Morgan fingerprint density at radius 1 is 1.21 bits per heavy atom. The lowest BCUT2D eigenvalue weighted by molar-refractivity contribution is 0.102. The Hall–Kier alpha value is -2.80. The zero-order valence-corrected chi connectivity index (χ0v) is 10.3. The average Bonchev–Trinajstić information content (AvgIpc) is 2.42. The first-order chi connectivity index (χ1) is 9.13. The van der Waals surface area contributed by atoms with Crippen molar-refractivity contribution in [2.45, 2.75) is 6.92 Å². The summed E-state index contributed by atoms with van der Waals surface area (Å²) in [4.78, 5) is 12.1. The maximum Gasteiger partial charge on any atom is 0.259 e. The summed E-state index contributed by atoms with van der Waals surface area (Å²) in [7, 11) is 0. The molecule has 2 aromatic rings. The van der Waals surface area contributed by atoms with Gasteiger partial charge in [-0.3, -0.25) is 4.79 Å². The monoisotopic (exact) mass is 252 g/mol. The molecule has 0 heterocycles. The van der Waals surface area contributed by atoms with Gasteiger partial charge >= 0.3 is 0 Å². The van der Waals surface area contributed by atoms with Gasteiger partial charge in [-0.15, -0.1) is 0 Å². The highest BCUT2D eigenvalue weighted by atomic mass is 16.3. The van der Waals surface area contributed by atoms with Crippen LogP contribution in [0.25, 0.3) is 0 Å². The number of aryl methyl sites for hydroxylation is 1. The number of phenols is 1. The number of nitriles is 1. The van der Waals surface area contributed by atoms with Gasteiger partial charge in [-0.1, -0.05) is 24.3 Å². The molecule has 0 aromatic heterocycles. The normalized spacial score (nSPS) is 9.68. The third kappa shape index (κ3) is 2.55. The van der Waals surface area contributed by atoms with Crippen LogP contribution in [0, 0.1) is 18.3 Å². The van der Waals surface area contributed by atoms with Gasteiger partial charge in [0.15, 0.2) is 0 Å². The molecule has 2 aromatic carbocycles. The summed E-state index contributed by atoms with van der Waals surface area (Å²) in [5.74, 6) is -0.488. The molecule has 0 fully saturated rings. The number of amides is 1. The van der Waals surface area contributed by atoms with E-state index in [0.717, 1.165) is 0 Å². The highest BCUT2D eigenvalue weighted by Gasteiger charge is 2.13. The van der Waals surface area contributed by atoms with E-state index in [1.807, 2.05) is 6.07 Å². The number of hydrogen-bond donors (Lipinski definition) is 2. The number of anilines is 1. The topological polar surface area (TPSA) is 73.1 Å². The van der Waals surface area contributed by atoms with Crippen LogP contribution in [0.1, 0.15) is 21.5 Å². The zero-order valence-electron chi connectivity index (χ0n) is 10.3. The van der Waals surface area contributed by atoms with E-state index < -0.39 is 5.91 Å². The van der Waals surface area contributed by atoms with E-state index in [4.69, 9.17) is 5.26 Å². The second-order valence-corrected chi connectivity index (χ2v) is 4.08. The molecule has 19 heavy (non-hydrogen) atoms. The zero-order chi connectivity index (χ0) is 13.8. The van der Waals surface area contributed by atoms with Gasteiger partial charge in [-0.05, 0) is 30.7 Å². The first kappa shape index (κ1) is 12.7. The molecule has 0 saturated heterocycles. The maximum absolute atomic E-state index is 12.1. The molecular formula is C15H12N2O2. The lowest BCUT2D eigenvalue weighted by Gasteiger charge is -2.09. The minimum atomic E-state index is -0.441. The van der Waals surface area contributed by atoms with Crippen molar-refractivity contribution in [1.29, 1.82) is 5.26 Å². The fourth-order valence-corrected chi connectivity index (χ4v) is 1.72. The van der Waals surface area contributed by atoms with Crippen molar-refractivity contribution < 1.29 is 9.90 Å². The molecule has 0 saturated carbocycles. The molecule has 0 aliphatic heterocycles. The Balaban J connectivity index is 2.32. The van der Waals surface area contributed by atoms with E-state index in [-0.39, 0.29) is 11.3 Å². The number of aromatic hydroxyl groups is 1. The van der Waals surface area contributed by atoms with Crippen LogP contribution in [0.2, 0.25) is 0 Å². The summed E-state index contributed by atoms with van der Waals surface area (Å²) in [5.41, 5.74) is 1.62. The molecular weight excluding hydrogens is 240 g/mol. The average molecular weight is 252 g/mol. The van der Waals surface area contributed by atoms with E-state index in [1.165, 1.54) is 6.07 Å². The predicted octanol–water partition coefficient (Wildman–Crippen LogP) is 2.82. The first-order valence-electron chi connectivity index (χ1n) is 5.72. The van der Waals surface area contributed by atoms with Crippen LogP contribution in [0.5, 0.6) is 5.75 Å². The van der Waals surface area contributed by atoms with Gasteiger partial charge in [0.2, 0.25) is 0 Å². The second kappa shape index (κ2) is 5.23. The Morgan fingerprint density at radius 3 is 2.68 bits per heavy atom. The Morgan fingerprint density at radius 2 is 1.95 bits per heavy atom. The summed E-state index contributed by atoms with van der Waals surface area (Å²) in [6, 6.07) is 13.7. The minimum absolute atomic E-state index is 0.0468. The molecule has 0 aliphatic carbocycles. The van der Waals surface area contributed by atoms with Crippen LogP contribution in [0.4, 0.5) is 5.69 Å². The molecule has 1 amide bonds. The third-order valence-corrected chi connectivity index (χ3v) is 2.78. The largest absolute Gasteiger partial charge is 0.507 e. The molecule has 2 N–H and O–H groups in total. The maximum atomic E-state index is 12.1. The highest BCUT2D eigenvalue weighted by Crippen LogP contribution is 2.23. The number of phenolic OH excluding ortho intramolecular Hbond substituents is 1. The molecule has 0 unspecified atom stereocenters. The van der Waals surface area contributed by atoms with E-state index in [2.05, 4.69) is 5.32 Å². The molecule has 0 radical (unpaired) electrons.